The number of nitrogens with one attached hydrogen (secondary N) is 1. The van der Waals surface area contributed by atoms with Crippen molar-refractivity contribution in [1.29, 1.82) is 0 Å². The lowest BCUT2D eigenvalue weighted by molar-refractivity contribution is -0.118. The quantitative estimate of drug-likeness (QED) is 0.664. The zero-order valence-electron chi connectivity index (χ0n) is 11.3. The van der Waals surface area contributed by atoms with Gasteiger partial charge < -0.3 is 22.5 Å². The van der Waals surface area contributed by atoms with Gasteiger partial charge in [0.1, 0.15) is 5.88 Å². The molecule has 0 atom stereocenters. The standard InChI is InChI=1S/C14H19ClN2O2.ClH/c15-9-14(18)16-10-12-1-3-13(4-2-12)11-17-5-7-19-8-6-17;/h1-4H,5-11H2,(H,16,18);1H/p-1. The molecule has 0 spiro atoms. The number of carbonyl (C=O) groups excluding carboxylic acids is 1. The summed E-state index contributed by atoms with van der Waals surface area (Å²) in [5.74, 6) is -0.131. The summed E-state index contributed by atoms with van der Waals surface area (Å²) in [6.45, 7) is 5.12. The van der Waals surface area contributed by atoms with Crippen LogP contribution in [0.25, 0.3) is 0 Å². The number of alkyl halides is 1. The fraction of sp³-hybridized carbons (Fsp3) is 0.500. The second-order valence-corrected chi connectivity index (χ2v) is 4.88. The number of carbonyl (C=O) groups is 1. The normalized spacial score (nSPS) is 15.4. The molecule has 1 saturated heterocycles. The molecule has 112 valence electrons. The van der Waals surface area contributed by atoms with Gasteiger partial charge in [0.05, 0.1) is 13.2 Å². The maximum Gasteiger partial charge on any atom is 0.235 e. The summed E-state index contributed by atoms with van der Waals surface area (Å²) in [5.41, 5.74) is 2.37. The van der Waals surface area contributed by atoms with Gasteiger partial charge in [-0.05, 0) is 11.1 Å². The fourth-order valence-corrected chi connectivity index (χ4v) is 2.12. The Morgan fingerprint density at radius 3 is 2.40 bits per heavy atom. The van der Waals surface area contributed by atoms with Crippen LogP contribution in [-0.4, -0.2) is 43.0 Å². The fourth-order valence-electron chi connectivity index (χ4n) is 2.03. The summed E-state index contributed by atoms with van der Waals surface area (Å²) >= 11 is 5.42. The lowest BCUT2D eigenvalue weighted by Gasteiger charge is -2.26. The number of ether oxygens (including phenoxy) is 1. The number of nitrogens with zero attached hydrogens (tertiary/aromatic N) is 1. The van der Waals surface area contributed by atoms with E-state index in [9.17, 15) is 4.79 Å². The highest BCUT2D eigenvalue weighted by Crippen LogP contribution is 2.09. The Morgan fingerprint density at radius 1 is 1.20 bits per heavy atom. The highest BCUT2D eigenvalue weighted by atomic mass is 35.5. The third-order valence-electron chi connectivity index (χ3n) is 3.14. The molecule has 6 heteroatoms. The molecule has 0 radical (unpaired) electrons. The first-order valence-electron chi connectivity index (χ1n) is 6.48. The van der Waals surface area contributed by atoms with E-state index in [0.29, 0.717) is 6.54 Å². The Hall–Kier alpha value is -0.810. The van der Waals surface area contributed by atoms with Crippen molar-refractivity contribution in [2.45, 2.75) is 13.1 Å². The summed E-state index contributed by atoms with van der Waals surface area (Å²) in [5, 5.41) is 2.75. The minimum Gasteiger partial charge on any atom is -1.00 e. The van der Waals surface area contributed by atoms with Crippen LogP contribution in [0.15, 0.2) is 24.3 Å². The van der Waals surface area contributed by atoms with Gasteiger partial charge in [0.25, 0.3) is 0 Å². The van der Waals surface area contributed by atoms with Crippen molar-refractivity contribution in [2.75, 3.05) is 32.2 Å². The van der Waals surface area contributed by atoms with Gasteiger partial charge in [0, 0.05) is 26.2 Å². The monoisotopic (exact) mass is 317 g/mol. The van der Waals surface area contributed by atoms with Crippen molar-refractivity contribution in [2.24, 2.45) is 0 Å². The van der Waals surface area contributed by atoms with Crippen molar-refractivity contribution >= 4 is 17.5 Å². The number of benzene rings is 1. The minimum absolute atomic E-state index is 0. The Kier molecular flexibility index (Phi) is 7.92. The molecule has 1 amide bonds. The number of hydrogen-bond donors (Lipinski definition) is 1. The van der Waals surface area contributed by atoms with E-state index in [0.717, 1.165) is 38.4 Å². The molecule has 0 aromatic heterocycles. The van der Waals surface area contributed by atoms with Gasteiger partial charge >= 0.3 is 0 Å². The third-order valence-corrected chi connectivity index (χ3v) is 3.39. The number of morpholine rings is 1. The molecule has 2 rings (SSSR count). The highest BCUT2D eigenvalue weighted by molar-refractivity contribution is 6.27. The van der Waals surface area contributed by atoms with Gasteiger partial charge in [-0.3, -0.25) is 9.69 Å². The maximum absolute atomic E-state index is 11.1. The van der Waals surface area contributed by atoms with Crippen LogP contribution in [0.2, 0.25) is 0 Å². The molecule has 1 N–H and O–H groups in total. The second-order valence-electron chi connectivity index (χ2n) is 4.62. The maximum atomic E-state index is 11.1. The molecule has 0 aliphatic carbocycles. The van der Waals surface area contributed by atoms with Gasteiger partial charge in [-0.1, -0.05) is 24.3 Å². The van der Waals surface area contributed by atoms with Crippen molar-refractivity contribution in [3.63, 3.8) is 0 Å². The summed E-state index contributed by atoms with van der Waals surface area (Å²) in [4.78, 5) is 13.4. The van der Waals surface area contributed by atoms with Crippen molar-refractivity contribution in [3.05, 3.63) is 35.4 Å². The van der Waals surface area contributed by atoms with Gasteiger partial charge in [0.15, 0.2) is 0 Å². The van der Waals surface area contributed by atoms with Crippen LogP contribution >= 0.6 is 11.6 Å². The molecule has 4 nitrogen and oxygen atoms in total. The first-order valence-corrected chi connectivity index (χ1v) is 7.02. The van der Waals surface area contributed by atoms with Crippen LogP contribution in [0.4, 0.5) is 0 Å². The summed E-state index contributed by atoms with van der Waals surface area (Å²) in [7, 11) is 0. The van der Waals surface area contributed by atoms with E-state index in [-0.39, 0.29) is 24.2 Å². The van der Waals surface area contributed by atoms with E-state index in [1.54, 1.807) is 0 Å². The number of rotatable bonds is 5. The van der Waals surface area contributed by atoms with Crippen LogP contribution in [-0.2, 0) is 22.6 Å². The molecule has 0 saturated carbocycles. The van der Waals surface area contributed by atoms with E-state index in [2.05, 4.69) is 22.3 Å². The lowest BCUT2D eigenvalue weighted by atomic mass is 10.1. The van der Waals surface area contributed by atoms with Gasteiger partial charge in [0.2, 0.25) is 5.91 Å². The Balaban J connectivity index is 0.00000200. The average Bonchev–Trinajstić information content (AvgIpc) is 2.47. The summed E-state index contributed by atoms with van der Waals surface area (Å²) in [6.07, 6.45) is 0. The highest BCUT2D eigenvalue weighted by Gasteiger charge is 2.10. The van der Waals surface area contributed by atoms with E-state index in [1.165, 1.54) is 5.56 Å². The Morgan fingerprint density at radius 2 is 1.80 bits per heavy atom. The molecule has 1 aliphatic rings. The largest absolute Gasteiger partial charge is 1.00 e. The zero-order chi connectivity index (χ0) is 13.5. The topological polar surface area (TPSA) is 41.6 Å². The van der Waals surface area contributed by atoms with E-state index >= 15 is 0 Å². The second kappa shape index (κ2) is 9.19. The molecule has 1 aromatic carbocycles. The molecule has 0 bridgehead atoms. The average molecular weight is 318 g/mol. The van der Waals surface area contributed by atoms with Crippen LogP contribution in [0, 0.1) is 0 Å². The van der Waals surface area contributed by atoms with Crippen molar-refractivity contribution in [3.8, 4) is 0 Å². The van der Waals surface area contributed by atoms with E-state index in [4.69, 9.17) is 16.3 Å². The van der Waals surface area contributed by atoms with Gasteiger partial charge in [-0.15, -0.1) is 11.6 Å². The third kappa shape index (κ3) is 5.67. The zero-order valence-corrected chi connectivity index (χ0v) is 12.8. The smallest absolute Gasteiger partial charge is 0.235 e. The molecule has 1 heterocycles. The lowest BCUT2D eigenvalue weighted by Crippen LogP contribution is -3.00. The first-order chi connectivity index (χ1) is 9.28. The van der Waals surface area contributed by atoms with E-state index < -0.39 is 0 Å². The molecule has 20 heavy (non-hydrogen) atoms. The molecular weight excluding hydrogens is 299 g/mol. The Labute approximate surface area is 130 Å². The van der Waals surface area contributed by atoms with Crippen LogP contribution in [0.5, 0.6) is 0 Å². The molecule has 0 unspecified atom stereocenters. The van der Waals surface area contributed by atoms with Crippen LogP contribution in [0.3, 0.4) is 0 Å². The van der Waals surface area contributed by atoms with Crippen molar-refractivity contribution in [1.82, 2.24) is 10.2 Å². The molecule has 1 aromatic rings. The minimum atomic E-state index is -0.140. The Bertz CT molecular complexity index is 406. The molecule has 1 fully saturated rings. The summed E-state index contributed by atoms with van der Waals surface area (Å²) in [6, 6.07) is 8.31. The van der Waals surface area contributed by atoms with E-state index in [1.807, 2.05) is 12.1 Å². The first kappa shape index (κ1) is 17.2. The summed E-state index contributed by atoms with van der Waals surface area (Å²) < 4.78 is 5.33. The number of halogens is 2. The predicted octanol–water partition coefficient (Wildman–Crippen LogP) is -1.62. The molecular formula is C14H19Cl2N2O2-. The number of hydrogen-bond acceptors (Lipinski definition) is 3. The van der Waals surface area contributed by atoms with Crippen LogP contribution < -0.4 is 17.7 Å². The number of amides is 1. The van der Waals surface area contributed by atoms with Gasteiger partial charge in [-0.25, -0.2) is 0 Å². The SMILES string of the molecule is O=C(CCl)NCc1ccc(CN2CCOCC2)cc1.[Cl-]. The van der Waals surface area contributed by atoms with Crippen molar-refractivity contribution < 1.29 is 21.9 Å². The van der Waals surface area contributed by atoms with Crippen LogP contribution in [0.1, 0.15) is 11.1 Å². The predicted molar refractivity (Wildman–Crippen MR) is 75.1 cm³/mol. The molecule has 1 aliphatic heterocycles. The van der Waals surface area contributed by atoms with Gasteiger partial charge in [-0.2, -0.15) is 0 Å².